The molecule has 1 aliphatic rings. The number of thiophene rings is 1. The third-order valence-electron chi connectivity index (χ3n) is 5.99. The number of anilines is 2. The third kappa shape index (κ3) is 3.22. The van der Waals surface area contributed by atoms with Crippen molar-refractivity contribution in [2.75, 3.05) is 5.32 Å². The van der Waals surface area contributed by atoms with Crippen molar-refractivity contribution in [2.24, 2.45) is 0 Å². The van der Waals surface area contributed by atoms with Gasteiger partial charge < -0.3 is 5.32 Å². The zero-order valence-electron chi connectivity index (χ0n) is 17.9. The van der Waals surface area contributed by atoms with Gasteiger partial charge >= 0.3 is 0 Å². The van der Waals surface area contributed by atoms with Gasteiger partial charge in [-0.2, -0.15) is 0 Å². The quantitative estimate of drug-likeness (QED) is 0.299. The summed E-state index contributed by atoms with van der Waals surface area (Å²) in [7, 11) is 0. The molecule has 1 aliphatic carbocycles. The third-order valence-corrected chi connectivity index (χ3v) is 7.25. The molecule has 0 aliphatic heterocycles. The molecule has 0 saturated carbocycles. The van der Waals surface area contributed by atoms with Gasteiger partial charge in [0.05, 0.1) is 5.39 Å². The molecule has 2 aromatic heterocycles. The van der Waals surface area contributed by atoms with Gasteiger partial charge in [-0.3, -0.25) is 9.59 Å². The van der Waals surface area contributed by atoms with Crippen LogP contribution in [0.5, 0.6) is 0 Å². The SMILES string of the molecule is Cc1sc2ncnc(Nc3ccc4c(c3)C(=O)c3ccccc3C4=O)c2c1-c1ccc(Cl)cc1. The van der Waals surface area contributed by atoms with Crippen LogP contribution in [0.2, 0.25) is 5.02 Å². The Morgan fingerprint density at radius 1 is 0.824 bits per heavy atom. The minimum Gasteiger partial charge on any atom is -0.340 e. The summed E-state index contributed by atoms with van der Waals surface area (Å²) in [6.07, 6.45) is 1.52. The molecule has 0 bridgehead atoms. The van der Waals surface area contributed by atoms with Crippen molar-refractivity contribution in [1.29, 1.82) is 0 Å². The lowest BCUT2D eigenvalue weighted by Gasteiger charge is -2.18. The van der Waals surface area contributed by atoms with E-state index >= 15 is 0 Å². The van der Waals surface area contributed by atoms with Crippen LogP contribution in [0.1, 0.15) is 36.7 Å². The lowest BCUT2D eigenvalue weighted by atomic mass is 9.84. The second kappa shape index (κ2) is 7.87. The molecule has 6 rings (SSSR count). The van der Waals surface area contributed by atoms with Crippen LogP contribution in [0.25, 0.3) is 21.3 Å². The molecule has 34 heavy (non-hydrogen) atoms. The summed E-state index contributed by atoms with van der Waals surface area (Å²) in [5.74, 6) is 0.337. The number of carbonyl (C=O) groups is 2. The lowest BCUT2D eigenvalue weighted by Crippen LogP contribution is -2.20. The summed E-state index contributed by atoms with van der Waals surface area (Å²) in [4.78, 5) is 37.0. The molecule has 0 saturated heterocycles. The molecular formula is C27H16ClN3O2S. The number of halogens is 1. The fourth-order valence-corrected chi connectivity index (χ4v) is 5.56. The highest BCUT2D eigenvalue weighted by Gasteiger charge is 2.29. The number of aromatic nitrogens is 2. The molecule has 1 N–H and O–H groups in total. The fraction of sp³-hybridized carbons (Fsp3) is 0.0370. The Balaban J connectivity index is 1.45. The molecule has 7 heteroatoms. The van der Waals surface area contributed by atoms with Crippen LogP contribution in [0.15, 0.2) is 73.1 Å². The molecule has 0 spiro atoms. The Kier molecular flexibility index (Phi) is 4.79. The molecule has 0 atom stereocenters. The average molecular weight is 482 g/mol. The van der Waals surface area contributed by atoms with Crippen molar-refractivity contribution < 1.29 is 9.59 Å². The molecule has 0 unspecified atom stereocenters. The predicted molar refractivity (Wildman–Crippen MR) is 136 cm³/mol. The highest BCUT2D eigenvalue weighted by molar-refractivity contribution is 7.19. The highest BCUT2D eigenvalue weighted by atomic mass is 35.5. The minimum absolute atomic E-state index is 0.139. The molecule has 0 radical (unpaired) electrons. The van der Waals surface area contributed by atoms with Crippen LogP contribution in [0.4, 0.5) is 11.5 Å². The van der Waals surface area contributed by atoms with Crippen molar-refractivity contribution >= 4 is 56.2 Å². The molecule has 3 aromatic carbocycles. The van der Waals surface area contributed by atoms with Gasteiger partial charge in [0.1, 0.15) is 17.0 Å². The second-order valence-electron chi connectivity index (χ2n) is 8.03. The largest absolute Gasteiger partial charge is 0.340 e. The van der Waals surface area contributed by atoms with Crippen LogP contribution >= 0.6 is 22.9 Å². The Bertz CT molecular complexity index is 1640. The summed E-state index contributed by atoms with van der Waals surface area (Å²) >= 11 is 7.69. The van der Waals surface area contributed by atoms with Gasteiger partial charge in [0.2, 0.25) is 0 Å². The first kappa shape index (κ1) is 20.7. The fourth-order valence-electron chi connectivity index (χ4n) is 4.42. The Hall–Kier alpha value is -3.87. The average Bonchev–Trinajstić information content (AvgIpc) is 3.20. The summed E-state index contributed by atoms with van der Waals surface area (Å²) < 4.78 is 0. The van der Waals surface area contributed by atoms with Crippen molar-refractivity contribution in [2.45, 2.75) is 6.92 Å². The van der Waals surface area contributed by atoms with E-state index in [1.165, 1.54) is 6.33 Å². The number of fused-ring (bicyclic) bond motifs is 3. The van der Waals surface area contributed by atoms with Gasteiger partial charge in [-0.15, -0.1) is 11.3 Å². The van der Waals surface area contributed by atoms with Crippen LogP contribution in [-0.2, 0) is 0 Å². The predicted octanol–water partition coefficient (Wildman–Crippen LogP) is 6.84. The van der Waals surface area contributed by atoms with Crippen LogP contribution in [0.3, 0.4) is 0 Å². The smallest absolute Gasteiger partial charge is 0.194 e. The van der Waals surface area contributed by atoms with Gasteiger partial charge in [-0.05, 0) is 42.8 Å². The zero-order chi connectivity index (χ0) is 23.4. The van der Waals surface area contributed by atoms with E-state index in [9.17, 15) is 9.59 Å². The molecule has 5 aromatic rings. The molecule has 0 amide bonds. The maximum atomic E-state index is 13.1. The first-order valence-electron chi connectivity index (χ1n) is 10.6. The van der Waals surface area contributed by atoms with E-state index in [0.717, 1.165) is 26.2 Å². The molecule has 164 valence electrons. The number of nitrogens with one attached hydrogen (secondary N) is 1. The molecular weight excluding hydrogens is 466 g/mol. The van der Waals surface area contributed by atoms with Gasteiger partial charge in [0.15, 0.2) is 11.6 Å². The number of rotatable bonds is 3. The van der Waals surface area contributed by atoms with E-state index in [4.69, 9.17) is 11.6 Å². The molecule has 2 heterocycles. The van der Waals surface area contributed by atoms with Gasteiger partial charge in [-0.25, -0.2) is 9.97 Å². The summed E-state index contributed by atoms with van der Waals surface area (Å²) in [6.45, 7) is 2.06. The van der Waals surface area contributed by atoms with Crippen LogP contribution in [-0.4, -0.2) is 21.5 Å². The monoisotopic (exact) mass is 481 g/mol. The first-order valence-corrected chi connectivity index (χ1v) is 11.8. The number of nitrogens with zero attached hydrogens (tertiary/aromatic N) is 2. The Morgan fingerprint density at radius 2 is 1.50 bits per heavy atom. The van der Waals surface area contributed by atoms with Crippen molar-refractivity contribution in [3.8, 4) is 11.1 Å². The van der Waals surface area contributed by atoms with E-state index in [1.807, 2.05) is 24.3 Å². The zero-order valence-corrected chi connectivity index (χ0v) is 19.5. The van der Waals surface area contributed by atoms with E-state index in [-0.39, 0.29) is 11.6 Å². The van der Waals surface area contributed by atoms with E-state index in [0.29, 0.717) is 38.8 Å². The second-order valence-corrected chi connectivity index (χ2v) is 9.67. The van der Waals surface area contributed by atoms with Gasteiger partial charge in [-0.1, -0.05) is 48.0 Å². The van der Waals surface area contributed by atoms with Gasteiger partial charge in [0.25, 0.3) is 0 Å². The standard InChI is InChI=1S/C27H16ClN3O2S/c1-14-22(15-6-8-16(28)9-7-15)23-26(29-13-30-27(23)34-14)31-17-10-11-20-21(12-17)25(33)19-5-3-2-4-18(19)24(20)32/h2-13H,1H3,(H,29,30,31). The Labute approximate surface area is 204 Å². The number of hydrogen-bond donors (Lipinski definition) is 1. The number of aryl methyl sites for hydroxylation is 1. The maximum Gasteiger partial charge on any atom is 0.194 e. The lowest BCUT2D eigenvalue weighted by molar-refractivity contribution is 0.0979. The number of hydrogen-bond acceptors (Lipinski definition) is 6. The topological polar surface area (TPSA) is 72.0 Å². The summed E-state index contributed by atoms with van der Waals surface area (Å²) in [6, 6.07) is 19.8. The van der Waals surface area contributed by atoms with E-state index < -0.39 is 0 Å². The van der Waals surface area contributed by atoms with E-state index in [1.54, 1.807) is 53.8 Å². The maximum absolute atomic E-state index is 13.1. The first-order chi connectivity index (χ1) is 16.5. The number of benzene rings is 3. The number of carbonyl (C=O) groups excluding carboxylic acids is 2. The van der Waals surface area contributed by atoms with Crippen molar-refractivity contribution in [3.63, 3.8) is 0 Å². The Morgan fingerprint density at radius 3 is 2.24 bits per heavy atom. The van der Waals surface area contributed by atoms with Crippen molar-refractivity contribution in [1.82, 2.24) is 9.97 Å². The molecule has 5 nitrogen and oxygen atoms in total. The normalized spacial score (nSPS) is 12.5. The van der Waals surface area contributed by atoms with Crippen LogP contribution < -0.4 is 5.32 Å². The summed E-state index contributed by atoms with van der Waals surface area (Å²) in [5.41, 5.74) is 4.41. The van der Waals surface area contributed by atoms with Crippen LogP contribution in [0, 0.1) is 6.92 Å². The number of ketones is 2. The molecule has 0 fully saturated rings. The van der Waals surface area contributed by atoms with Gasteiger partial charge in [0, 0.05) is 43.4 Å². The van der Waals surface area contributed by atoms with Crippen molar-refractivity contribution in [3.05, 3.63) is 105 Å². The van der Waals surface area contributed by atoms with E-state index in [2.05, 4.69) is 22.2 Å². The minimum atomic E-state index is -0.157. The summed E-state index contributed by atoms with van der Waals surface area (Å²) in [5, 5.41) is 4.93. The highest BCUT2D eigenvalue weighted by Crippen LogP contribution is 2.41.